The maximum absolute atomic E-state index is 4.54. The van der Waals surface area contributed by atoms with Crippen molar-refractivity contribution in [3.05, 3.63) is 47.3 Å². The van der Waals surface area contributed by atoms with Crippen LogP contribution in [0.25, 0.3) is 0 Å². The molecule has 0 saturated carbocycles. The van der Waals surface area contributed by atoms with Gasteiger partial charge in [0.05, 0.1) is 12.2 Å². The molecule has 0 aliphatic heterocycles. The van der Waals surface area contributed by atoms with E-state index in [1.807, 2.05) is 6.92 Å². The van der Waals surface area contributed by atoms with Crippen molar-refractivity contribution in [2.45, 2.75) is 53.1 Å². The predicted octanol–water partition coefficient (Wildman–Crippen LogP) is 4.18. The van der Waals surface area contributed by atoms with Crippen molar-refractivity contribution < 1.29 is 0 Å². The van der Waals surface area contributed by atoms with Crippen LogP contribution in [0, 0.1) is 6.92 Å². The van der Waals surface area contributed by atoms with Gasteiger partial charge in [0.1, 0.15) is 0 Å². The summed E-state index contributed by atoms with van der Waals surface area (Å²) in [5, 5.41) is 3.40. The molecular formula is C17H25N3. The van der Waals surface area contributed by atoms with E-state index in [1.54, 1.807) is 0 Å². The Balaban J connectivity index is 2.17. The second-order valence-electron chi connectivity index (χ2n) is 6.03. The molecule has 0 aliphatic rings. The number of hydrogen-bond acceptors (Lipinski definition) is 2. The summed E-state index contributed by atoms with van der Waals surface area (Å²) in [6, 6.07) is 9.26. The largest absolute Gasteiger partial charge is 0.353 e. The number of anilines is 1. The number of hydrogen-bond donors (Lipinski definition) is 1. The molecule has 0 spiro atoms. The van der Waals surface area contributed by atoms with Crippen LogP contribution in [0.5, 0.6) is 0 Å². The van der Waals surface area contributed by atoms with E-state index in [4.69, 9.17) is 0 Å². The fourth-order valence-corrected chi connectivity index (χ4v) is 2.25. The van der Waals surface area contributed by atoms with Gasteiger partial charge >= 0.3 is 0 Å². The molecule has 1 aromatic heterocycles. The number of aromatic nitrogens is 2. The average molecular weight is 271 g/mol. The van der Waals surface area contributed by atoms with Crippen LogP contribution in [-0.2, 0) is 6.54 Å². The highest BCUT2D eigenvalue weighted by Gasteiger charge is 2.07. The Morgan fingerprint density at radius 2 is 1.75 bits per heavy atom. The summed E-state index contributed by atoms with van der Waals surface area (Å²) in [6.45, 7) is 11.6. The molecule has 2 rings (SSSR count). The van der Waals surface area contributed by atoms with Gasteiger partial charge in [-0.25, -0.2) is 4.98 Å². The third-order valence-corrected chi connectivity index (χ3v) is 3.31. The summed E-state index contributed by atoms with van der Waals surface area (Å²) in [7, 11) is 0. The van der Waals surface area contributed by atoms with Gasteiger partial charge < -0.3 is 9.88 Å². The molecule has 1 aromatic carbocycles. The fraction of sp³-hybridized carbons (Fsp3) is 0.471. The summed E-state index contributed by atoms with van der Waals surface area (Å²) in [4.78, 5) is 4.54. The van der Waals surface area contributed by atoms with Crippen molar-refractivity contribution in [3.8, 4) is 0 Å². The topological polar surface area (TPSA) is 29.9 Å². The van der Waals surface area contributed by atoms with E-state index in [1.165, 1.54) is 11.1 Å². The maximum Gasteiger partial charge on any atom is 0.203 e. The Bertz CT molecular complexity index is 550. The maximum atomic E-state index is 4.54. The van der Waals surface area contributed by atoms with Crippen LogP contribution in [0.4, 0.5) is 5.95 Å². The van der Waals surface area contributed by atoms with E-state index in [-0.39, 0.29) is 0 Å². The van der Waals surface area contributed by atoms with Gasteiger partial charge in [-0.2, -0.15) is 0 Å². The third-order valence-electron chi connectivity index (χ3n) is 3.31. The fourth-order valence-electron chi connectivity index (χ4n) is 2.25. The summed E-state index contributed by atoms with van der Waals surface area (Å²) >= 11 is 0. The average Bonchev–Trinajstić information content (AvgIpc) is 2.69. The molecule has 0 amide bonds. The van der Waals surface area contributed by atoms with Crippen LogP contribution in [0.2, 0.25) is 0 Å². The van der Waals surface area contributed by atoms with Gasteiger partial charge in [0.15, 0.2) is 0 Å². The van der Waals surface area contributed by atoms with E-state index in [0.717, 1.165) is 18.2 Å². The number of imidazole rings is 1. The standard InChI is InChI=1S/C17H25N3/c1-12(2)16-8-6-15(7-9-16)11-20-10-14(5)19-17(20)18-13(3)4/h6-10,12-13H,11H2,1-5H3,(H,18,19). The van der Waals surface area contributed by atoms with Crippen LogP contribution in [-0.4, -0.2) is 15.6 Å². The van der Waals surface area contributed by atoms with Crippen molar-refractivity contribution in [2.75, 3.05) is 5.32 Å². The van der Waals surface area contributed by atoms with E-state index >= 15 is 0 Å². The minimum absolute atomic E-state index is 0.388. The van der Waals surface area contributed by atoms with Crippen molar-refractivity contribution in [1.82, 2.24) is 9.55 Å². The van der Waals surface area contributed by atoms with E-state index in [2.05, 4.69) is 73.0 Å². The van der Waals surface area contributed by atoms with Gasteiger partial charge in [-0.1, -0.05) is 38.1 Å². The van der Waals surface area contributed by atoms with Gasteiger partial charge in [0.2, 0.25) is 5.95 Å². The Kier molecular flexibility index (Phi) is 4.48. The zero-order chi connectivity index (χ0) is 14.7. The van der Waals surface area contributed by atoms with Gasteiger partial charge in [0, 0.05) is 12.2 Å². The first-order chi connectivity index (χ1) is 9.45. The second-order valence-corrected chi connectivity index (χ2v) is 6.03. The van der Waals surface area contributed by atoms with Crippen molar-refractivity contribution >= 4 is 5.95 Å². The summed E-state index contributed by atoms with van der Waals surface area (Å²) in [5.41, 5.74) is 3.74. The molecule has 0 aliphatic carbocycles. The molecule has 3 heteroatoms. The van der Waals surface area contributed by atoms with Gasteiger partial charge in [0.25, 0.3) is 0 Å². The summed E-state index contributed by atoms with van der Waals surface area (Å²) in [5.74, 6) is 1.53. The predicted molar refractivity (Wildman–Crippen MR) is 85.4 cm³/mol. The molecule has 2 aromatic rings. The molecule has 1 heterocycles. The third kappa shape index (κ3) is 3.62. The normalized spacial score (nSPS) is 11.3. The Hall–Kier alpha value is -1.77. The number of nitrogens with zero attached hydrogens (tertiary/aromatic N) is 2. The van der Waals surface area contributed by atoms with Crippen LogP contribution in [0.3, 0.4) is 0 Å². The van der Waals surface area contributed by atoms with Crippen molar-refractivity contribution in [3.63, 3.8) is 0 Å². The van der Waals surface area contributed by atoms with Crippen LogP contribution in [0.1, 0.15) is 50.4 Å². The highest BCUT2D eigenvalue weighted by molar-refractivity contribution is 5.32. The lowest BCUT2D eigenvalue weighted by Crippen LogP contribution is -2.15. The monoisotopic (exact) mass is 271 g/mol. The molecular weight excluding hydrogens is 246 g/mol. The minimum atomic E-state index is 0.388. The van der Waals surface area contributed by atoms with Crippen LogP contribution < -0.4 is 5.32 Å². The first kappa shape index (κ1) is 14.6. The lowest BCUT2D eigenvalue weighted by molar-refractivity contribution is 0.772. The van der Waals surface area contributed by atoms with Gasteiger partial charge in [-0.15, -0.1) is 0 Å². The second kappa shape index (κ2) is 6.12. The number of aryl methyl sites for hydroxylation is 1. The number of benzene rings is 1. The number of rotatable bonds is 5. The summed E-state index contributed by atoms with van der Waals surface area (Å²) in [6.07, 6.45) is 2.10. The molecule has 0 saturated heterocycles. The molecule has 1 N–H and O–H groups in total. The lowest BCUT2D eigenvalue weighted by atomic mass is 10.0. The first-order valence-corrected chi connectivity index (χ1v) is 7.35. The molecule has 3 nitrogen and oxygen atoms in total. The highest BCUT2D eigenvalue weighted by Crippen LogP contribution is 2.17. The van der Waals surface area contributed by atoms with Crippen molar-refractivity contribution in [1.29, 1.82) is 0 Å². The Labute approximate surface area is 122 Å². The lowest BCUT2D eigenvalue weighted by Gasteiger charge is -2.13. The van der Waals surface area contributed by atoms with Gasteiger partial charge in [-0.05, 0) is 37.8 Å². The zero-order valence-electron chi connectivity index (χ0n) is 13.1. The molecule has 20 heavy (non-hydrogen) atoms. The molecule has 0 bridgehead atoms. The van der Waals surface area contributed by atoms with E-state index in [9.17, 15) is 0 Å². The van der Waals surface area contributed by atoms with Crippen LogP contribution >= 0.6 is 0 Å². The Morgan fingerprint density at radius 3 is 2.30 bits per heavy atom. The Morgan fingerprint density at radius 1 is 1.10 bits per heavy atom. The zero-order valence-corrected chi connectivity index (χ0v) is 13.1. The first-order valence-electron chi connectivity index (χ1n) is 7.35. The molecule has 0 unspecified atom stereocenters. The molecule has 0 fully saturated rings. The smallest absolute Gasteiger partial charge is 0.203 e. The van der Waals surface area contributed by atoms with Crippen LogP contribution in [0.15, 0.2) is 30.5 Å². The highest BCUT2D eigenvalue weighted by atomic mass is 15.2. The quantitative estimate of drug-likeness (QED) is 0.884. The minimum Gasteiger partial charge on any atom is -0.353 e. The van der Waals surface area contributed by atoms with E-state index in [0.29, 0.717) is 12.0 Å². The SMILES string of the molecule is Cc1cn(Cc2ccc(C(C)C)cc2)c(NC(C)C)n1. The molecule has 0 radical (unpaired) electrons. The summed E-state index contributed by atoms with van der Waals surface area (Å²) < 4.78 is 2.18. The van der Waals surface area contributed by atoms with Crippen molar-refractivity contribution in [2.24, 2.45) is 0 Å². The number of nitrogens with one attached hydrogen (secondary N) is 1. The molecule has 108 valence electrons. The van der Waals surface area contributed by atoms with E-state index < -0.39 is 0 Å². The molecule has 0 atom stereocenters. The van der Waals surface area contributed by atoms with Gasteiger partial charge in [-0.3, -0.25) is 0 Å².